The van der Waals surface area contributed by atoms with Crippen LogP contribution in [0.25, 0.3) is 0 Å². The van der Waals surface area contributed by atoms with Crippen LogP contribution in [0.1, 0.15) is 53.9 Å². The zero-order valence-electron chi connectivity index (χ0n) is 13.1. The number of ether oxygens (including phenoxy) is 1. The molecule has 0 aromatic carbocycles. The Hall–Kier alpha value is -1.39. The predicted molar refractivity (Wildman–Crippen MR) is 75.4 cm³/mol. The van der Waals surface area contributed by atoms with Gasteiger partial charge in [0.25, 0.3) is 0 Å². The molecule has 5 heteroatoms. The van der Waals surface area contributed by atoms with Crippen molar-refractivity contribution in [3.63, 3.8) is 0 Å². The van der Waals surface area contributed by atoms with E-state index < -0.39 is 23.3 Å². The molecule has 2 atom stereocenters. The molecule has 0 saturated carbocycles. The van der Waals surface area contributed by atoms with Crippen molar-refractivity contribution in [2.24, 2.45) is 5.92 Å². The van der Waals surface area contributed by atoms with Crippen molar-refractivity contribution in [2.45, 2.75) is 65.5 Å². The quantitative estimate of drug-likeness (QED) is 0.747. The van der Waals surface area contributed by atoms with Gasteiger partial charge in [-0.2, -0.15) is 0 Å². The maximum absolute atomic E-state index is 12.2. The number of carbonyl (C=O) groups excluding carboxylic acids is 3. The van der Waals surface area contributed by atoms with Crippen molar-refractivity contribution >= 4 is 17.7 Å². The van der Waals surface area contributed by atoms with Gasteiger partial charge in [-0.05, 0) is 39.5 Å². The Balaban J connectivity index is 2.77. The van der Waals surface area contributed by atoms with Gasteiger partial charge in [-0.15, -0.1) is 0 Å². The lowest BCUT2D eigenvalue weighted by molar-refractivity contribution is -0.136. The number of rotatable bonds is 3. The number of carbonyl (C=O) groups is 3. The highest BCUT2D eigenvalue weighted by Crippen LogP contribution is 2.26. The van der Waals surface area contributed by atoms with Crippen LogP contribution in [0.2, 0.25) is 0 Å². The Morgan fingerprint density at radius 1 is 1.25 bits per heavy atom. The van der Waals surface area contributed by atoms with Crippen LogP contribution in [0, 0.1) is 5.92 Å². The molecule has 1 aliphatic heterocycles. The Kier molecular flexibility index (Phi) is 5.31. The number of hydrogen-bond acceptors (Lipinski definition) is 4. The highest BCUT2D eigenvalue weighted by Gasteiger charge is 2.34. The summed E-state index contributed by atoms with van der Waals surface area (Å²) in [7, 11) is 0. The van der Waals surface area contributed by atoms with Crippen LogP contribution in [0.15, 0.2) is 0 Å². The van der Waals surface area contributed by atoms with E-state index in [2.05, 4.69) is 6.92 Å². The first-order chi connectivity index (χ1) is 9.10. The molecular formula is C15H25NO4. The number of likely N-dealkylation sites (tertiary alicyclic amines) is 1. The largest absolute Gasteiger partial charge is 0.444 e. The molecule has 0 aromatic heterocycles. The fourth-order valence-corrected chi connectivity index (χ4v) is 2.36. The molecule has 0 aromatic rings. The third-order valence-electron chi connectivity index (χ3n) is 3.42. The molecule has 0 radical (unpaired) electrons. The molecule has 5 nitrogen and oxygen atoms in total. The molecular weight excluding hydrogens is 258 g/mol. The van der Waals surface area contributed by atoms with Crippen LogP contribution >= 0.6 is 0 Å². The van der Waals surface area contributed by atoms with Gasteiger partial charge in [0, 0.05) is 25.9 Å². The van der Waals surface area contributed by atoms with Crippen molar-refractivity contribution < 1.29 is 19.1 Å². The summed E-state index contributed by atoms with van der Waals surface area (Å²) in [5.74, 6) is -0.427. The number of Topliss-reactive ketones (excluding diaryl/α,β-unsaturated/α-hetero) is 2. The first-order valence-corrected chi connectivity index (χ1v) is 7.13. The molecule has 0 spiro atoms. The zero-order chi connectivity index (χ0) is 15.5. The van der Waals surface area contributed by atoms with E-state index in [1.165, 1.54) is 6.92 Å². The van der Waals surface area contributed by atoms with Crippen LogP contribution < -0.4 is 0 Å². The predicted octanol–water partition coefficient (Wildman–Crippen LogP) is 2.57. The average molecular weight is 283 g/mol. The average Bonchev–Trinajstić information content (AvgIpc) is 2.26. The van der Waals surface area contributed by atoms with Crippen molar-refractivity contribution in [1.82, 2.24) is 4.90 Å². The summed E-state index contributed by atoms with van der Waals surface area (Å²) in [6.45, 7) is 9.38. The zero-order valence-corrected chi connectivity index (χ0v) is 13.1. The molecule has 20 heavy (non-hydrogen) atoms. The summed E-state index contributed by atoms with van der Waals surface area (Å²) >= 11 is 0. The molecule has 1 fully saturated rings. The van der Waals surface area contributed by atoms with Gasteiger partial charge in [0.2, 0.25) is 0 Å². The van der Waals surface area contributed by atoms with Gasteiger partial charge < -0.3 is 9.64 Å². The molecule has 2 unspecified atom stereocenters. The van der Waals surface area contributed by atoms with Gasteiger partial charge in [0.15, 0.2) is 11.6 Å². The van der Waals surface area contributed by atoms with Gasteiger partial charge in [-0.1, -0.05) is 6.92 Å². The maximum Gasteiger partial charge on any atom is 0.410 e. The number of piperidine rings is 1. The Bertz CT molecular complexity index is 397. The summed E-state index contributed by atoms with van der Waals surface area (Å²) < 4.78 is 5.38. The van der Waals surface area contributed by atoms with Crippen LogP contribution in [-0.4, -0.2) is 40.7 Å². The third kappa shape index (κ3) is 4.94. The van der Waals surface area contributed by atoms with E-state index in [1.54, 1.807) is 4.90 Å². The van der Waals surface area contributed by atoms with Crippen LogP contribution in [-0.2, 0) is 14.3 Å². The third-order valence-corrected chi connectivity index (χ3v) is 3.42. The minimum atomic E-state index is -0.560. The van der Waals surface area contributed by atoms with Crippen LogP contribution in [0.3, 0.4) is 0 Å². The van der Waals surface area contributed by atoms with Crippen molar-refractivity contribution in [2.75, 3.05) is 6.54 Å². The van der Waals surface area contributed by atoms with Crippen molar-refractivity contribution in [1.29, 1.82) is 0 Å². The smallest absolute Gasteiger partial charge is 0.410 e. The molecule has 0 N–H and O–H groups in total. The van der Waals surface area contributed by atoms with Gasteiger partial charge in [-0.25, -0.2) is 4.79 Å². The van der Waals surface area contributed by atoms with Crippen molar-refractivity contribution in [3.8, 4) is 0 Å². The lowest BCUT2D eigenvalue weighted by atomic mass is 9.89. The number of ketones is 2. The standard InChI is InChI=1S/C15H25NO4/c1-10-6-7-16(14(19)20-15(3,4)5)12(8-10)9-13(18)11(2)17/h10,12H,6-9H2,1-5H3. The fraction of sp³-hybridized carbons (Fsp3) is 0.800. The molecule has 0 aliphatic carbocycles. The molecule has 0 bridgehead atoms. The van der Waals surface area contributed by atoms with Gasteiger partial charge in [-0.3, -0.25) is 9.59 Å². The van der Waals surface area contributed by atoms with Gasteiger partial charge >= 0.3 is 6.09 Å². The Morgan fingerprint density at radius 3 is 2.35 bits per heavy atom. The summed E-state index contributed by atoms with van der Waals surface area (Å²) in [5, 5.41) is 0. The van der Waals surface area contributed by atoms with Gasteiger partial charge in [0.1, 0.15) is 5.60 Å². The molecule has 114 valence electrons. The first-order valence-electron chi connectivity index (χ1n) is 7.13. The summed E-state index contributed by atoms with van der Waals surface area (Å²) in [4.78, 5) is 36.6. The SMILES string of the molecule is CC(=O)C(=O)CC1CC(C)CCN1C(=O)OC(C)(C)C. The summed E-state index contributed by atoms with van der Waals surface area (Å²) in [6, 6.07) is -0.231. The number of amides is 1. The summed E-state index contributed by atoms with van der Waals surface area (Å²) in [5.41, 5.74) is -0.560. The second-order valence-electron chi connectivity index (χ2n) is 6.64. The second kappa shape index (κ2) is 6.37. The fourth-order valence-electron chi connectivity index (χ4n) is 2.36. The Labute approximate surface area is 120 Å². The molecule has 1 rings (SSSR count). The monoisotopic (exact) mass is 283 g/mol. The molecule has 1 saturated heterocycles. The maximum atomic E-state index is 12.2. The molecule has 1 heterocycles. The number of hydrogen-bond donors (Lipinski definition) is 0. The highest BCUT2D eigenvalue weighted by molar-refractivity contribution is 6.36. The van der Waals surface area contributed by atoms with E-state index in [1.807, 2.05) is 20.8 Å². The van der Waals surface area contributed by atoms with E-state index in [9.17, 15) is 14.4 Å². The Morgan fingerprint density at radius 2 is 1.85 bits per heavy atom. The summed E-state index contributed by atoms with van der Waals surface area (Å²) in [6.07, 6.45) is 1.33. The minimum absolute atomic E-state index is 0.0961. The van der Waals surface area contributed by atoms with Crippen LogP contribution in [0.5, 0.6) is 0 Å². The van der Waals surface area contributed by atoms with E-state index in [0.717, 1.165) is 12.8 Å². The van der Waals surface area contributed by atoms with E-state index in [4.69, 9.17) is 4.74 Å². The van der Waals surface area contributed by atoms with E-state index >= 15 is 0 Å². The number of nitrogens with zero attached hydrogens (tertiary/aromatic N) is 1. The lowest BCUT2D eigenvalue weighted by Gasteiger charge is -2.38. The lowest BCUT2D eigenvalue weighted by Crippen LogP contribution is -2.48. The van der Waals surface area contributed by atoms with Crippen LogP contribution in [0.4, 0.5) is 4.79 Å². The van der Waals surface area contributed by atoms with E-state index in [-0.39, 0.29) is 12.5 Å². The van der Waals surface area contributed by atoms with Crippen molar-refractivity contribution in [3.05, 3.63) is 0 Å². The molecule has 1 aliphatic rings. The second-order valence-corrected chi connectivity index (χ2v) is 6.64. The highest BCUT2D eigenvalue weighted by atomic mass is 16.6. The normalized spacial score (nSPS) is 23.4. The van der Waals surface area contributed by atoms with E-state index in [0.29, 0.717) is 12.5 Å². The topological polar surface area (TPSA) is 63.7 Å². The molecule has 1 amide bonds. The van der Waals surface area contributed by atoms with Gasteiger partial charge in [0.05, 0.1) is 0 Å². The minimum Gasteiger partial charge on any atom is -0.444 e. The first kappa shape index (κ1) is 16.7.